The molecule has 1 saturated heterocycles. The van der Waals surface area contributed by atoms with E-state index < -0.39 is 0 Å². The van der Waals surface area contributed by atoms with Gasteiger partial charge in [0.05, 0.1) is 6.10 Å². The van der Waals surface area contributed by atoms with Gasteiger partial charge in [-0.3, -0.25) is 0 Å². The Morgan fingerprint density at radius 2 is 2.33 bits per heavy atom. The van der Waals surface area contributed by atoms with Crippen LogP contribution >= 0.6 is 0 Å². The Morgan fingerprint density at radius 1 is 1.56 bits per heavy atom. The van der Waals surface area contributed by atoms with E-state index in [1.165, 1.54) is 12.8 Å². The number of piperidine rings is 1. The van der Waals surface area contributed by atoms with Crippen LogP contribution in [-0.4, -0.2) is 23.8 Å². The molecule has 2 heteroatoms. The van der Waals surface area contributed by atoms with Crippen LogP contribution in [0.2, 0.25) is 0 Å². The molecule has 1 unspecified atom stereocenters. The summed E-state index contributed by atoms with van der Waals surface area (Å²) >= 11 is 0. The van der Waals surface area contributed by atoms with Crippen LogP contribution < -0.4 is 5.32 Å². The van der Waals surface area contributed by atoms with Gasteiger partial charge in [0.25, 0.3) is 0 Å². The lowest BCUT2D eigenvalue weighted by atomic mass is 10.0. The molecule has 9 heavy (non-hydrogen) atoms. The molecule has 0 aromatic carbocycles. The predicted octanol–water partition coefficient (Wildman–Crippen LogP) is 0.509. The minimum atomic E-state index is -0.176. The summed E-state index contributed by atoms with van der Waals surface area (Å²) in [6, 6.07) is 0.360. The van der Waals surface area contributed by atoms with Crippen molar-refractivity contribution in [1.82, 2.24) is 5.32 Å². The van der Waals surface area contributed by atoms with Crippen LogP contribution in [0, 0.1) is 0 Å². The van der Waals surface area contributed by atoms with Crippen molar-refractivity contribution in [2.24, 2.45) is 0 Å². The van der Waals surface area contributed by atoms with Crippen LogP contribution in [-0.2, 0) is 0 Å². The van der Waals surface area contributed by atoms with Crippen LogP contribution in [0.15, 0.2) is 0 Å². The normalized spacial score (nSPS) is 32.0. The highest BCUT2D eigenvalue weighted by atomic mass is 16.3. The van der Waals surface area contributed by atoms with E-state index in [0.29, 0.717) is 6.04 Å². The van der Waals surface area contributed by atoms with Crippen molar-refractivity contribution in [3.8, 4) is 0 Å². The number of hydrogen-bond donors (Lipinski definition) is 2. The molecular weight excluding hydrogens is 114 g/mol. The zero-order chi connectivity index (χ0) is 6.69. The third-order valence-electron chi connectivity index (χ3n) is 1.93. The first kappa shape index (κ1) is 7.03. The first-order valence-corrected chi connectivity index (χ1v) is 3.72. The molecule has 1 heterocycles. The van der Waals surface area contributed by atoms with Gasteiger partial charge in [0.15, 0.2) is 0 Å². The van der Waals surface area contributed by atoms with Gasteiger partial charge in [0.2, 0.25) is 0 Å². The van der Waals surface area contributed by atoms with E-state index in [-0.39, 0.29) is 6.10 Å². The maximum absolute atomic E-state index is 9.11. The van der Waals surface area contributed by atoms with Gasteiger partial charge in [0.1, 0.15) is 0 Å². The molecule has 2 N–H and O–H groups in total. The number of aliphatic hydroxyl groups is 1. The Hall–Kier alpha value is -0.0800. The fraction of sp³-hybridized carbons (Fsp3) is 1.00. The summed E-state index contributed by atoms with van der Waals surface area (Å²) in [5, 5.41) is 12.4. The monoisotopic (exact) mass is 129 g/mol. The lowest BCUT2D eigenvalue weighted by Crippen LogP contribution is -2.41. The van der Waals surface area contributed by atoms with Crippen LogP contribution in [0.4, 0.5) is 0 Å². The first-order chi connectivity index (χ1) is 4.30. The molecule has 0 bridgehead atoms. The van der Waals surface area contributed by atoms with Crippen molar-refractivity contribution < 1.29 is 5.11 Å². The zero-order valence-corrected chi connectivity index (χ0v) is 5.93. The summed E-state index contributed by atoms with van der Waals surface area (Å²) in [5.74, 6) is 0. The number of aliphatic hydroxyl groups excluding tert-OH is 1. The standard InChI is InChI=1S/C7H15NO/c1-6(9)7-4-2-3-5-8-7/h6-9H,2-5H2,1H3/t6?,7-/m1/s1. The van der Waals surface area contributed by atoms with Crippen molar-refractivity contribution >= 4 is 0 Å². The molecule has 0 aromatic rings. The molecule has 0 saturated carbocycles. The van der Waals surface area contributed by atoms with Gasteiger partial charge in [-0.1, -0.05) is 6.42 Å². The Balaban J connectivity index is 2.23. The lowest BCUT2D eigenvalue weighted by molar-refractivity contribution is 0.130. The summed E-state index contributed by atoms with van der Waals surface area (Å²) in [7, 11) is 0. The fourth-order valence-corrected chi connectivity index (χ4v) is 1.29. The second-order valence-electron chi connectivity index (χ2n) is 2.80. The highest BCUT2D eigenvalue weighted by molar-refractivity contribution is 4.75. The van der Waals surface area contributed by atoms with Gasteiger partial charge in [-0.2, -0.15) is 0 Å². The summed E-state index contributed by atoms with van der Waals surface area (Å²) in [6.07, 6.45) is 3.49. The fourth-order valence-electron chi connectivity index (χ4n) is 1.29. The van der Waals surface area contributed by atoms with E-state index in [9.17, 15) is 0 Å². The second-order valence-corrected chi connectivity index (χ2v) is 2.80. The van der Waals surface area contributed by atoms with E-state index in [2.05, 4.69) is 5.32 Å². The molecule has 1 aliphatic rings. The Bertz CT molecular complexity index is 77.0. The molecule has 0 aromatic heterocycles. The highest BCUT2D eigenvalue weighted by Gasteiger charge is 2.16. The molecule has 1 fully saturated rings. The summed E-state index contributed by atoms with van der Waals surface area (Å²) < 4.78 is 0. The topological polar surface area (TPSA) is 32.3 Å². The molecule has 2 atom stereocenters. The molecule has 2 nitrogen and oxygen atoms in total. The van der Waals surface area contributed by atoms with Gasteiger partial charge in [0, 0.05) is 6.04 Å². The van der Waals surface area contributed by atoms with Crippen molar-refractivity contribution in [2.75, 3.05) is 6.54 Å². The van der Waals surface area contributed by atoms with Crippen LogP contribution in [0.25, 0.3) is 0 Å². The van der Waals surface area contributed by atoms with Crippen LogP contribution in [0.1, 0.15) is 26.2 Å². The lowest BCUT2D eigenvalue weighted by Gasteiger charge is -2.25. The molecule has 1 rings (SSSR count). The van der Waals surface area contributed by atoms with Crippen LogP contribution in [0.3, 0.4) is 0 Å². The smallest absolute Gasteiger partial charge is 0.0665 e. The van der Waals surface area contributed by atoms with Crippen molar-refractivity contribution in [3.63, 3.8) is 0 Å². The largest absolute Gasteiger partial charge is 0.392 e. The van der Waals surface area contributed by atoms with E-state index in [1.807, 2.05) is 6.92 Å². The average molecular weight is 129 g/mol. The van der Waals surface area contributed by atoms with Crippen molar-refractivity contribution in [3.05, 3.63) is 0 Å². The number of rotatable bonds is 1. The van der Waals surface area contributed by atoms with Gasteiger partial charge in [-0.25, -0.2) is 0 Å². The predicted molar refractivity (Wildman–Crippen MR) is 37.3 cm³/mol. The van der Waals surface area contributed by atoms with E-state index >= 15 is 0 Å². The third kappa shape index (κ3) is 1.95. The Morgan fingerprint density at radius 3 is 2.67 bits per heavy atom. The highest BCUT2D eigenvalue weighted by Crippen LogP contribution is 2.09. The first-order valence-electron chi connectivity index (χ1n) is 3.72. The SMILES string of the molecule is CC(O)[C@H]1CCCCN1. The molecule has 0 amide bonds. The zero-order valence-electron chi connectivity index (χ0n) is 5.93. The maximum atomic E-state index is 9.11. The second kappa shape index (κ2) is 3.18. The molecule has 1 aliphatic heterocycles. The number of nitrogens with one attached hydrogen (secondary N) is 1. The maximum Gasteiger partial charge on any atom is 0.0665 e. The molecule has 0 radical (unpaired) electrons. The number of hydrogen-bond acceptors (Lipinski definition) is 2. The van der Waals surface area contributed by atoms with Gasteiger partial charge in [-0.15, -0.1) is 0 Å². The Kier molecular flexibility index (Phi) is 2.49. The van der Waals surface area contributed by atoms with Crippen molar-refractivity contribution in [2.45, 2.75) is 38.3 Å². The average Bonchev–Trinajstić information content (AvgIpc) is 1.90. The van der Waals surface area contributed by atoms with Gasteiger partial charge in [-0.05, 0) is 26.3 Å². The molecular formula is C7H15NO. The Labute approximate surface area is 56.3 Å². The van der Waals surface area contributed by atoms with E-state index in [4.69, 9.17) is 5.11 Å². The molecule has 54 valence electrons. The van der Waals surface area contributed by atoms with E-state index in [1.54, 1.807) is 0 Å². The minimum absolute atomic E-state index is 0.176. The summed E-state index contributed by atoms with van der Waals surface area (Å²) in [5.41, 5.74) is 0. The summed E-state index contributed by atoms with van der Waals surface area (Å²) in [6.45, 7) is 2.93. The van der Waals surface area contributed by atoms with Crippen LogP contribution in [0.5, 0.6) is 0 Å². The van der Waals surface area contributed by atoms with Gasteiger partial charge >= 0.3 is 0 Å². The summed E-state index contributed by atoms with van der Waals surface area (Å²) in [4.78, 5) is 0. The van der Waals surface area contributed by atoms with Crippen molar-refractivity contribution in [1.29, 1.82) is 0 Å². The van der Waals surface area contributed by atoms with E-state index in [0.717, 1.165) is 13.0 Å². The van der Waals surface area contributed by atoms with Gasteiger partial charge < -0.3 is 10.4 Å². The molecule has 0 spiro atoms. The third-order valence-corrected chi connectivity index (χ3v) is 1.93. The quantitative estimate of drug-likeness (QED) is 0.540. The minimum Gasteiger partial charge on any atom is -0.392 e. The molecule has 0 aliphatic carbocycles.